The van der Waals surface area contributed by atoms with Gasteiger partial charge in [-0.2, -0.15) is 5.10 Å². The largest absolute Gasteiger partial charge is 0.297 e. The molecule has 0 spiro atoms. The van der Waals surface area contributed by atoms with Crippen LogP contribution >= 0.6 is 15.9 Å². The van der Waals surface area contributed by atoms with Crippen LogP contribution in [0.2, 0.25) is 0 Å². The third-order valence-electron chi connectivity index (χ3n) is 3.45. The van der Waals surface area contributed by atoms with Crippen LogP contribution in [0.5, 0.6) is 0 Å². The first-order chi connectivity index (χ1) is 10.6. The van der Waals surface area contributed by atoms with E-state index in [4.69, 9.17) is 0 Å². The Bertz CT molecular complexity index is 845. The second-order valence-corrected chi connectivity index (χ2v) is 6.92. The van der Waals surface area contributed by atoms with E-state index < -0.39 is 11.0 Å². The molecule has 0 saturated heterocycles. The van der Waals surface area contributed by atoms with Crippen molar-refractivity contribution < 1.29 is 4.21 Å². The van der Waals surface area contributed by atoms with Gasteiger partial charge in [0.15, 0.2) is 11.0 Å². The standard InChI is InChI=1S/C15H15BrN4OS/c1-3-10-4-5-11-8-18-20(2)15(11)14(10)19-22(21)13-7-6-12(16)9-17-13/h4-9,19H,3H2,1-2H3. The summed E-state index contributed by atoms with van der Waals surface area (Å²) in [5.74, 6) is 0. The number of pyridine rings is 1. The molecule has 5 nitrogen and oxygen atoms in total. The maximum Gasteiger partial charge on any atom is 0.169 e. The molecule has 3 rings (SSSR count). The number of fused-ring (bicyclic) bond motifs is 1. The molecule has 1 unspecified atom stereocenters. The van der Waals surface area contributed by atoms with Gasteiger partial charge in [-0.1, -0.05) is 19.1 Å². The number of rotatable bonds is 4. The Balaban J connectivity index is 2.04. The molecular formula is C15H15BrN4OS. The first kappa shape index (κ1) is 15.2. The van der Waals surface area contributed by atoms with E-state index in [9.17, 15) is 4.21 Å². The SMILES string of the molecule is CCc1ccc2cnn(C)c2c1NS(=O)c1ccc(Br)cn1. The fourth-order valence-electron chi connectivity index (χ4n) is 2.33. The zero-order valence-electron chi connectivity index (χ0n) is 12.2. The summed E-state index contributed by atoms with van der Waals surface area (Å²) in [6.07, 6.45) is 4.29. The fourth-order valence-corrected chi connectivity index (χ4v) is 3.43. The molecule has 22 heavy (non-hydrogen) atoms. The van der Waals surface area contributed by atoms with Crippen molar-refractivity contribution in [1.29, 1.82) is 0 Å². The highest BCUT2D eigenvalue weighted by atomic mass is 79.9. The number of hydrogen-bond acceptors (Lipinski definition) is 3. The molecule has 0 amide bonds. The Morgan fingerprint density at radius 3 is 2.77 bits per heavy atom. The minimum Gasteiger partial charge on any atom is -0.297 e. The zero-order chi connectivity index (χ0) is 15.7. The van der Waals surface area contributed by atoms with Crippen molar-refractivity contribution in [3.63, 3.8) is 0 Å². The van der Waals surface area contributed by atoms with E-state index in [-0.39, 0.29) is 0 Å². The predicted molar refractivity (Wildman–Crippen MR) is 92.1 cm³/mol. The summed E-state index contributed by atoms with van der Waals surface area (Å²) in [6, 6.07) is 7.64. The molecule has 1 N–H and O–H groups in total. The summed E-state index contributed by atoms with van der Waals surface area (Å²) < 4.78 is 18.3. The van der Waals surface area contributed by atoms with Crippen LogP contribution in [-0.4, -0.2) is 19.0 Å². The lowest BCUT2D eigenvalue weighted by Crippen LogP contribution is -2.09. The van der Waals surface area contributed by atoms with Crippen LogP contribution in [0.3, 0.4) is 0 Å². The lowest BCUT2D eigenvalue weighted by molar-refractivity contribution is 0.683. The molecule has 2 heterocycles. The monoisotopic (exact) mass is 378 g/mol. The molecule has 1 atom stereocenters. The highest BCUT2D eigenvalue weighted by Gasteiger charge is 2.14. The number of hydrogen-bond donors (Lipinski definition) is 1. The Morgan fingerprint density at radius 1 is 1.27 bits per heavy atom. The van der Waals surface area contributed by atoms with Gasteiger partial charge in [0.2, 0.25) is 0 Å². The molecule has 3 aromatic rings. The van der Waals surface area contributed by atoms with Crippen LogP contribution < -0.4 is 4.72 Å². The van der Waals surface area contributed by atoms with Gasteiger partial charge in [-0.15, -0.1) is 0 Å². The van der Waals surface area contributed by atoms with E-state index in [1.807, 2.05) is 25.2 Å². The highest BCUT2D eigenvalue weighted by molar-refractivity contribution is 9.10. The maximum absolute atomic E-state index is 12.6. The number of benzene rings is 1. The summed E-state index contributed by atoms with van der Waals surface area (Å²) in [6.45, 7) is 2.07. The number of aryl methyl sites for hydroxylation is 2. The summed E-state index contributed by atoms with van der Waals surface area (Å²) in [4.78, 5) is 4.19. The lowest BCUT2D eigenvalue weighted by Gasteiger charge is -2.12. The zero-order valence-corrected chi connectivity index (χ0v) is 14.6. The van der Waals surface area contributed by atoms with Crippen LogP contribution in [0.4, 0.5) is 5.69 Å². The molecule has 114 valence electrons. The Hall–Kier alpha value is -1.73. The molecule has 0 fully saturated rings. The third kappa shape index (κ3) is 2.78. The Kier molecular flexibility index (Phi) is 4.26. The van der Waals surface area contributed by atoms with Crippen molar-refractivity contribution >= 4 is 43.5 Å². The highest BCUT2D eigenvalue weighted by Crippen LogP contribution is 2.28. The summed E-state index contributed by atoms with van der Waals surface area (Å²) in [5, 5.41) is 5.79. The maximum atomic E-state index is 12.6. The van der Waals surface area contributed by atoms with Gasteiger partial charge in [-0.25, -0.2) is 9.19 Å². The van der Waals surface area contributed by atoms with E-state index >= 15 is 0 Å². The van der Waals surface area contributed by atoms with E-state index in [0.29, 0.717) is 5.03 Å². The summed E-state index contributed by atoms with van der Waals surface area (Å²) >= 11 is 3.33. The smallest absolute Gasteiger partial charge is 0.169 e. The molecule has 0 bridgehead atoms. The molecule has 2 aromatic heterocycles. The van der Waals surface area contributed by atoms with Crippen molar-refractivity contribution in [1.82, 2.24) is 14.8 Å². The molecule has 0 saturated carbocycles. The predicted octanol–water partition coefficient (Wildman–Crippen LogP) is 3.43. The van der Waals surface area contributed by atoms with Gasteiger partial charge in [-0.05, 0) is 40.0 Å². The van der Waals surface area contributed by atoms with Crippen LogP contribution in [0, 0.1) is 0 Å². The first-order valence-corrected chi connectivity index (χ1v) is 8.78. The van der Waals surface area contributed by atoms with E-state index in [0.717, 1.165) is 33.0 Å². The van der Waals surface area contributed by atoms with Crippen molar-refractivity contribution in [2.24, 2.45) is 7.05 Å². The molecule has 0 aliphatic rings. The second-order valence-electron chi connectivity index (χ2n) is 4.84. The Morgan fingerprint density at radius 2 is 2.09 bits per heavy atom. The van der Waals surface area contributed by atoms with E-state index in [1.165, 1.54) is 0 Å². The van der Waals surface area contributed by atoms with Crippen molar-refractivity contribution in [2.45, 2.75) is 18.4 Å². The number of nitrogens with one attached hydrogen (secondary N) is 1. The van der Waals surface area contributed by atoms with Gasteiger partial charge in [0.05, 0.1) is 17.4 Å². The van der Waals surface area contributed by atoms with E-state index in [2.05, 4.69) is 37.7 Å². The van der Waals surface area contributed by atoms with Gasteiger partial charge >= 0.3 is 0 Å². The minimum atomic E-state index is -1.43. The number of halogens is 1. The minimum absolute atomic E-state index is 0.490. The normalized spacial score (nSPS) is 12.5. The first-order valence-electron chi connectivity index (χ1n) is 6.83. The number of anilines is 1. The van der Waals surface area contributed by atoms with E-state index in [1.54, 1.807) is 23.1 Å². The van der Waals surface area contributed by atoms with Crippen LogP contribution in [0.25, 0.3) is 10.9 Å². The molecule has 0 aliphatic heterocycles. The Labute approximate surface area is 139 Å². The number of nitrogens with zero attached hydrogens (tertiary/aromatic N) is 3. The summed E-state index contributed by atoms with van der Waals surface area (Å²) in [7, 11) is 0.457. The van der Waals surface area contributed by atoms with Gasteiger partial charge in [0.25, 0.3) is 0 Å². The average molecular weight is 379 g/mol. The van der Waals surface area contributed by atoms with Gasteiger partial charge in [0, 0.05) is 23.1 Å². The van der Waals surface area contributed by atoms with Crippen molar-refractivity contribution in [3.8, 4) is 0 Å². The summed E-state index contributed by atoms with van der Waals surface area (Å²) in [5.41, 5.74) is 2.90. The lowest BCUT2D eigenvalue weighted by atomic mass is 10.1. The van der Waals surface area contributed by atoms with Crippen LogP contribution in [0.1, 0.15) is 12.5 Å². The molecule has 1 aromatic carbocycles. The molecule has 0 radical (unpaired) electrons. The fraction of sp³-hybridized carbons (Fsp3) is 0.200. The van der Waals surface area contributed by atoms with Gasteiger partial charge in [-0.3, -0.25) is 9.40 Å². The topological polar surface area (TPSA) is 59.8 Å². The molecule has 7 heteroatoms. The quantitative estimate of drug-likeness (QED) is 0.756. The van der Waals surface area contributed by atoms with Crippen LogP contribution in [-0.2, 0) is 24.5 Å². The van der Waals surface area contributed by atoms with Gasteiger partial charge < -0.3 is 0 Å². The third-order valence-corrected chi connectivity index (χ3v) is 4.93. The molecule has 0 aliphatic carbocycles. The van der Waals surface area contributed by atoms with Gasteiger partial charge in [0.1, 0.15) is 5.03 Å². The second kappa shape index (κ2) is 6.18. The van der Waals surface area contributed by atoms with Crippen molar-refractivity contribution in [3.05, 3.63) is 46.7 Å². The van der Waals surface area contributed by atoms with Crippen molar-refractivity contribution in [2.75, 3.05) is 4.72 Å². The average Bonchev–Trinajstić information content (AvgIpc) is 2.90. The molecular weight excluding hydrogens is 364 g/mol. The number of aromatic nitrogens is 3. The van der Waals surface area contributed by atoms with Crippen LogP contribution in [0.15, 0.2) is 46.2 Å².